The van der Waals surface area contributed by atoms with Crippen molar-refractivity contribution >= 4 is 5.69 Å². The number of aryl methyl sites for hydroxylation is 1. The van der Waals surface area contributed by atoms with Gasteiger partial charge in [-0.15, -0.1) is 0 Å². The summed E-state index contributed by atoms with van der Waals surface area (Å²) in [4.78, 5) is 2.65. The van der Waals surface area contributed by atoms with Crippen LogP contribution in [0.2, 0.25) is 0 Å². The van der Waals surface area contributed by atoms with Gasteiger partial charge in [0.15, 0.2) is 0 Å². The van der Waals surface area contributed by atoms with Gasteiger partial charge in [-0.25, -0.2) is 0 Å². The second kappa shape index (κ2) is 4.74. The average molecular weight is 284 g/mol. The van der Waals surface area contributed by atoms with Gasteiger partial charge in [-0.1, -0.05) is 18.9 Å². The van der Waals surface area contributed by atoms with E-state index in [2.05, 4.69) is 36.3 Å². The zero-order valence-electron chi connectivity index (χ0n) is 13.7. The molecule has 0 spiro atoms. The molecule has 4 rings (SSSR count). The number of nitrogens with one attached hydrogen (secondary N) is 1. The van der Waals surface area contributed by atoms with E-state index in [4.69, 9.17) is 0 Å². The van der Waals surface area contributed by atoms with E-state index in [0.29, 0.717) is 5.41 Å². The summed E-state index contributed by atoms with van der Waals surface area (Å²) in [7, 11) is 4.40. The van der Waals surface area contributed by atoms with E-state index < -0.39 is 0 Å². The van der Waals surface area contributed by atoms with Crippen LogP contribution in [0.1, 0.15) is 48.8 Å². The molecule has 2 nitrogen and oxygen atoms in total. The van der Waals surface area contributed by atoms with E-state index in [1.165, 1.54) is 56.3 Å². The molecular formula is C19H28N2. The summed E-state index contributed by atoms with van der Waals surface area (Å²) in [5, 5.41) is 3.38. The molecule has 2 bridgehead atoms. The standard InChI is InChI=1S/C19H28N2/c1-13-10-16-14(11-17(13)20-2)12-18-15-6-4-5-7-19(15,16)8-9-21(18)3/h10-11,15,18,20H,4-9,12H2,1-3H3/t15-,18-,19-/m1/s1. The maximum Gasteiger partial charge on any atom is 0.0370 e. The van der Waals surface area contributed by atoms with Gasteiger partial charge in [-0.2, -0.15) is 0 Å². The summed E-state index contributed by atoms with van der Waals surface area (Å²) >= 11 is 0. The molecule has 0 aromatic heterocycles. The van der Waals surface area contributed by atoms with Gasteiger partial charge in [-0.05, 0) is 74.9 Å². The topological polar surface area (TPSA) is 15.3 Å². The predicted octanol–water partition coefficient (Wildman–Crippen LogP) is 3.72. The molecule has 2 heteroatoms. The van der Waals surface area contributed by atoms with Crippen LogP contribution >= 0.6 is 0 Å². The molecule has 3 atom stereocenters. The summed E-state index contributed by atoms with van der Waals surface area (Å²) < 4.78 is 0. The molecule has 114 valence electrons. The summed E-state index contributed by atoms with van der Waals surface area (Å²) in [5.74, 6) is 0.900. The number of hydrogen-bond acceptors (Lipinski definition) is 2. The van der Waals surface area contributed by atoms with Crippen LogP contribution in [-0.4, -0.2) is 31.6 Å². The zero-order chi connectivity index (χ0) is 14.6. The molecule has 1 saturated carbocycles. The molecule has 3 aliphatic rings. The number of nitrogens with zero attached hydrogens (tertiary/aromatic N) is 1. The fourth-order valence-corrected chi connectivity index (χ4v) is 5.63. The average Bonchev–Trinajstić information content (AvgIpc) is 2.51. The highest BCUT2D eigenvalue weighted by Gasteiger charge is 2.53. The maximum atomic E-state index is 3.38. The van der Waals surface area contributed by atoms with Gasteiger partial charge < -0.3 is 10.2 Å². The first-order valence-corrected chi connectivity index (χ1v) is 8.68. The summed E-state index contributed by atoms with van der Waals surface area (Å²) in [6.07, 6.45) is 8.37. The van der Waals surface area contributed by atoms with Crippen molar-refractivity contribution in [1.29, 1.82) is 0 Å². The van der Waals surface area contributed by atoms with Crippen molar-refractivity contribution in [2.75, 3.05) is 26.0 Å². The summed E-state index contributed by atoms with van der Waals surface area (Å²) in [6.45, 7) is 3.55. The number of hydrogen-bond donors (Lipinski definition) is 1. The minimum Gasteiger partial charge on any atom is -0.388 e. The molecule has 1 heterocycles. The second-order valence-electron chi connectivity index (χ2n) is 7.58. The van der Waals surface area contributed by atoms with Crippen molar-refractivity contribution < 1.29 is 0 Å². The molecule has 2 aliphatic carbocycles. The smallest absolute Gasteiger partial charge is 0.0370 e. The van der Waals surface area contributed by atoms with E-state index in [0.717, 1.165) is 12.0 Å². The first kappa shape index (κ1) is 13.6. The van der Waals surface area contributed by atoms with Crippen LogP contribution in [-0.2, 0) is 11.8 Å². The van der Waals surface area contributed by atoms with Crippen molar-refractivity contribution in [3.63, 3.8) is 0 Å². The third kappa shape index (κ3) is 1.81. The normalized spacial score (nSPS) is 35.0. The molecule has 1 aromatic rings. The first-order valence-electron chi connectivity index (χ1n) is 8.68. The maximum absolute atomic E-state index is 3.38. The fraction of sp³-hybridized carbons (Fsp3) is 0.684. The van der Waals surface area contributed by atoms with Crippen molar-refractivity contribution in [1.82, 2.24) is 4.90 Å². The second-order valence-corrected chi connectivity index (χ2v) is 7.58. The van der Waals surface area contributed by atoms with Gasteiger partial charge in [0.2, 0.25) is 0 Å². The third-order valence-corrected chi connectivity index (χ3v) is 6.72. The van der Waals surface area contributed by atoms with E-state index in [1.54, 1.807) is 11.1 Å². The lowest BCUT2D eigenvalue weighted by Gasteiger charge is -2.58. The van der Waals surface area contributed by atoms with Crippen LogP contribution in [0.5, 0.6) is 0 Å². The zero-order valence-corrected chi connectivity index (χ0v) is 13.7. The Labute approximate surface area is 128 Å². The summed E-state index contributed by atoms with van der Waals surface area (Å²) in [6, 6.07) is 5.75. The molecule has 1 aliphatic heterocycles. The fourth-order valence-electron chi connectivity index (χ4n) is 5.63. The highest BCUT2D eigenvalue weighted by molar-refractivity contribution is 5.58. The van der Waals surface area contributed by atoms with Crippen LogP contribution in [0, 0.1) is 12.8 Å². The Hall–Kier alpha value is -1.02. The van der Waals surface area contributed by atoms with Gasteiger partial charge in [0.05, 0.1) is 0 Å². The van der Waals surface area contributed by atoms with Crippen LogP contribution in [0.3, 0.4) is 0 Å². The molecule has 1 aromatic carbocycles. The molecule has 2 fully saturated rings. The van der Waals surface area contributed by atoms with Crippen molar-refractivity contribution in [3.8, 4) is 0 Å². The Morgan fingerprint density at radius 3 is 2.90 bits per heavy atom. The number of benzene rings is 1. The molecule has 1 N–H and O–H groups in total. The Morgan fingerprint density at radius 1 is 1.24 bits per heavy atom. The number of anilines is 1. The Balaban J connectivity index is 1.89. The minimum atomic E-state index is 0.500. The van der Waals surface area contributed by atoms with Gasteiger partial charge in [0.25, 0.3) is 0 Å². The van der Waals surface area contributed by atoms with Gasteiger partial charge in [-0.3, -0.25) is 0 Å². The lowest BCUT2D eigenvalue weighted by molar-refractivity contribution is 0.00285. The molecule has 1 saturated heterocycles. The summed E-state index contributed by atoms with van der Waals surface area (Å²) in [5.41, 5.74) is 6.58. The van der Waals surface area contributed by atoms with Gasteiger partial charge in [0, 0.05) is 24.2 Å². The number of piperidine rings is 1. The van der Waals surface area contributed by atoms with Crippen LogP contribution in [0.15, 0.2) is 12.1 Å². The lowest BCUT2D eigenvalue weighted by atomic mass is 9.52. The predicted molar refractivity (Wildman–Crippen MR) is 89.1 cm³/mol. The van der Waals surface area contributed by atoms with Gasteiger partial charge in [0.1, 0.15) is 0 Å². The molecule has 21 heavy (non-hydrogen) atoms. The SMILES string of the molecule is CNc1cc2c(cc1C)[C@@]13CCCC[C@@H]1[C@@H](C2)N(C)CC3. The minimum absolute atomic E-state index is 0.500. The molecule has 0 radical (unpaired) electrons. The van der Waals surface area contributed by atoms with Crippen molar-refractivity contribution in [3.05, 3.63) is 28.8 Å². The molecular weight excluding hydrogens is 256 g/mol. The monoisotopic (exact) mass is 284 g/mol. The highest BCUT2D eigenvalue weighted by atomic mass is 15.1. The Morgan fingerprint density at radius 2 is 2.10 bits per heavy atom. The molecule has 0 unspecified atom stereocenters. The number of rotatable bonds is 1. The Kier molecular flexibility index (Phi) is 3.08. The van der Waals surface area contributed by atoms with Crippen molar-refractivity contribution in [2.24, 2.45) is 5.92 Å². The quantitative estimate of drug-likeness (QED) is 0.845. The molecule has 0 amide bonds. The first-order chi connectivity index (χ1) is 10.2. The van der Waals surface area contributed by atoms with E-state index >= 15 is 0 Å². The van der Waals surface area contributed by atoms with Crippen LogP contribution in [0.4, 0.5) is 5.69 Å². The van der Waals surface area contributed by atoms with Crippen LogP contribution < -0.4 is 5.32 Å². The van der Waals surface area contributed by atoms with E-state index in [1.807, 2.05) is 7.05 Å². The van der Waals surface area contributed by atoms with Gasteiger partial charge >= 0.3 is 0 Å². The van der Waals surface area contributed by atoms with E-state index in [9.17, 15) is 0 Å². The number of likely N-dealkylation sites (tertiary alicyclic amines) is 1. The Bertz CT molecular complexity index is 565. The highest BCUT2D eigenvalue weighted by Crippen LogP contribution is 2.55. The van der Waals surface area contributed by atoms with Crippen molar-refractivity contribution in [2.45, 2.75) is 56.9 Å². The van der Waals surface area contributed by atoms with Crippen LogP contribution in [0.25, 0.3) is 0 Å². The number of fused-ring (bicyclic) bond motifs is 1. The largest absolute Gasteiger partial charge is 0.388 e. The van der Waals surface area contributed by atoms with E-state index in [-0.39, 0.29) is 0 Å². The number of likely N-dealkylation sites (N-methyl/N-ethyl adjacent to an activating group) is 1. The lowest BCUT2D eigenvalue weighted by Crippen LogP contribution is -2.59. The third-order valence-electron chi connectivity index (χ3n) is 6.72.